The van der Waals surface area contributed by atoms with Crippen molar-refractivity contribution in [3.8, 4) is 5.75 Å². The summed E-state index contributed by atoms with van der Waals surface area (Å²) in [4.78, 5) is 26.4. The second-order valence-electron chi connectivity index (χ2n) is 23.1. The van der Waals surface area contributed by atoms with Crippen molar-refractivity contribution in [1.82, 2.24) is 0 Å². The van der Waals surface area contributed by atoms with Gasteiger partial charge in [0.25, 0.3) is 0 Å². The van der Waals surface area contributed by atoms with Crippen LogP contribution in [-0.4, -0.2) is 77.3 Å². The average molecular weight is 923 g/mol. The normalized spacial score (nSPS) is 23.3. The lowest BCUT2D eigenvalue weighted by molar-refractivity contribution is -0.174. The first-order valence-corrected chi connectivity index (χ1v) is 31.4. The number of cyclic esters (lactones) is 1. The predicted molar refractivity (Wildman–Crippen MR) is 262 cm³/mol. The Labute approximate surface area is 389 Å². The fourth-order valence-corrected chi connectivity index (χ4v) is 11.3. The summed E-state index contributed by atoms with van der Waals surface area (Å²) in [6.07, 6.45) is 12.4. The number of fused-ring (bicyclic) bond motifs is 1. The van der Waals surface area contributed by atoms with Gasteiger partial charge in [-0.2, -0.15) is 0 Å². The van der Waals surface area contributed by atoms with Crippen LogP contribution in [0.2, 0.25) is 43.8 Å². The Morgan fingerprint density at radius 3 is 2.20 bits per heavy atom. The monoisotopic (exact) mass is 923 g/mol. The molecule has 0 aliphatic carbocycles. The number of hydrogen-bond donors (Lipinski definition) is 0. The van der Waals surface area contributed by atoms with E-state index in [1.165, 1.54) is 0 Å². The van der Waals surface area contributed by atoms with Gasteiger partial charge in [0.15, 0.2) is 8.32 Å². The Kier molecular flexibility index (Phi) is 18.4. The molecule has 5 rings (SSSR count). The van der Waals surface area contributed by atoms with Crippen molar-refractivity contribution in [2.45, 2.75) is 232 Å². The first kappa shape index (κ1) is 52.4. The molecule has 0 unspecified atom stereocenters. The molecule has 3 aliphatic heterocycles. The molecule has 3 aliphatic rings. The molecular formula is C53H86O9Si2. The third-order valence-electron chi connectivity index (χ3n) is 14.4. The summed E-state index contributed by atoms with van der Waals surface area (Å²) in [5.74, 6) is -0.526. The van der Waals surface area contributed by atoms with E-state index < -0.39 is 27.6 Å². The van der Waals surface area contributed by atoms with Crippen LogP contribution in [0.15, 0.2) is 48.5 Å². The molecule has 0 spiro atoms. The van der Waals surface area contributed by atoms with Gasteiger partial charge < -0.3 is 32.8 Å². The van der Waals surface area contributed by atoms with Crippen LogP contribution in [0.4, 0.5) is 0 Å². The molecule has 9 nitrogen and oxygen atoms in total. The summed E-state index contributed by atoms with van der Waals surface area (Å²) in [6, 6.07) is 17.2. The van der Waals surface area contributed by atoms with Crippen LogP contribution in [0.3, 0.4) is 0 Å². The lowest BCUT2D eigenvalue weighted by atomic mass is 9.81. The summed E-state index contributed by atoms with van der Waals surface area (Å²) >= 11 is 0. The summed E-state index contributed by atoms with van der Waals surface area (Å²) in [5.41, 5.74) is 1.96. The highest BCUT2D eigenvalue weighted by Gasteiger charge is 2.44. The molecule has 2 fully saturated rings. The maximum Gasteiger partial charge on any atom is 0.345 e. The van der Waals surface area contributed by atoms with Gasteiger partial charge in [-0.25, -0.2) is 4.79 Å². The number of carbonyl (C=O) groups excluding carboxylic acids is 2. The second-order valence-corrected chi connectivity index (χ2v) is 33.5. The molecule has 0 amide bonds. The third-order valence-corrected chi connectivity index (χ3v) is 20.6. The van der Waals surface area contributed by atoms with Gasteiger partial charge in [-0.1, -0.05) is 89.8 Å². The molecule has 2 aromatic rings. The Morgan fingerprint density at radius 1 is 0.844 bits per heavy atom. The highest BCUT2D eigenvalue weighted by Crippen LogP contribution is 2.41. The summed E-state index contributed by atoms with van der Waals surface area (Å²) in [5, 5.41) is 0.0585. The van der Waals surface area contributed by atoms with E-state index in [2.05, 4.69) is 84.7 Å². The lowest BCUT2D eigenvalue weighted by Crippen LogP contribution is -2.47. The highest BCUT2D eigenvalue weighted by molar-refractivity contribution is 6.76. The van der Waals surface area contributed by atoms with Gasteiger partial charge >= 0.3 is 11.9 Å². The highest BCUT2D eigenvalue weighted by atomic mass is 28.4. The number of rotatable bonds is 22. The lowest BCUT2D eigenvalue weighted by Gasteiger charge is -2.43. The van der Waals surface area contributed by atoms with Crippen molar-refractivity contribution in [3.63, 3.8) is 0 Å². The summed E-state index contributed by atoms with van der Waals surface area (Å²) < 4.78 is 45.4. The van der Waals surface area contributed by atoms with Crippen molar-refractivity contribution >= 4 is 28.3 Å². The fourth-order valence-electron chi connectivity index (χ4n) is 9.12. The van der Waals surface area contributed by atoms with Crippen LogP contribution in [0.25, 0.3) is 0 Å². The van der Waals surface area contributed by atoms with E-state index in [9.17, 15) is 9.59 Å². The molecule has 2 aromatic carbocycles. The topological polar surface area (TPSA) is 98.8 Å². The Bertz CT molecular complexity index is 1780. The van der Waals surface area contributed by atoms with E-state index in [-0.39, 0.29) is 53.6 Å². The molecule has 0 saturated carbocycles. The number of carbonyl (C=O) groups is 2. The van der Waals surface area contributed by atoms with Crippen LogP contribution in [0, 0.1) is 11.3 Å². The van der Waals surface area contributed by atoms with E-state index in [0.717, 1.165) is 101 Å². The molecular weight excluding hydrogens is 837 g/mol. The van der Waals surface area contributed by atoms with E-state index in [4.69, 9.17) is 32.8 Å². The minimum absolute atomic E-state index is 0.0104. The fraction of sp³-hybridized carbons (Fsp3) is 0.736. The quantitative estimate of drug-likeness (QED) is 0.0844. The molecule has 7 atom stereocenters. The third kappa shape index (κ3) is 15.5. The Hall–Kier alpha value is -2.55. The SMILES string of the molecule is C[C@@H](CC[C@@H]1CCC[C@H](CCCc2cccc3c2C(=O)OC(C)(C)O3)O1)[C@@H](C[C@H](C[C@@H]1CCC[C@H](C(C)(C)C(=O)OCC[Si](C)(C)C)O1)OCc1ccccc1)O[Si](C)(C)C(C)(C)C. The second kappa shape index (κ2) is 22.5. The number of hydrogen-bond acceptors (Lipinski definition) is 9. The van der Waals surface area contributed by atoms with Crippen molar-refractivity contribution in [3.05, 3.63) is 65.2 Å². The minimum Gasteiger partial charge on any atom is -0.466 e. The zero-order chi connectivity index (χ0) is 46.9. The van der Waals surface area contributed by atoms with Crippen LogP contribution >= 0.6 is 0 Å². The summed E-state index contributed by atoms with van der Waals surface area (Å²) in [6.45, 7) is 29.5. The van der Waals surface area contributed by atoms with E-state index in [0.29, 0.717) is 30.4 Å². The van der Waals surface area contributed by atoms with Gasteiger partial charge in [-0.3, -0.25) is 4.79 Å². The smallest absolute Gasteiger partial charge is 0.345 e. The van der Waals surface area contributed by atoms with Crippen molar-refractivity contribution in [1.29, 1.82) is 0 Å². The van der Waals surface area contributed by atoms with Gasteiger partial charge in [-0.05, 0) is 145 Å². The number of aryl methyl sites for hydroxylation is 1. The van der Waals surface area contributed by atoms with Gasteiger partial charge in [-0.15, -0.1) is 0 Å². The van der Waals surface area contributed by atoms with Crippen LogP contribution in [0.1, 0.15) is 154 Å². The number of benzene rings is 2. The first-order chi connectivity index (χ1) is 29.9. The van der Waals surface area contributed by atoms with Gasteiger partial charge in [0.05, 0.1) is 55.3 Å². The molecule has 3 heterocycles. The zero-order valence-electron chi connectivity index (χ0n) is 42.1. The average Bonchev–Trinajstić information content (AvgIpc) is 3.20. The maximum atomic E-state index is 13.5. The standard InChI is InChI=1S/C53H86O9Si2/c1-38(31-32-42-27-19-26-41(58-42)25-17-23-40-24-18-29-45-48(40)49(54)61-53(7,8)60-45)46(62-64(12,13)51(2,3)4)36-44(57-37-39-21-15-14-16-22-39)35-43-28-20-30-47(59-43)52(5,6)50(55)56-33-34-63(9,10)11/h14-16,18,21-22,24,29,38,41-44,46-47H,17,19-20,23,25-28,30-37H2,1-13H3/t38-,41-,42-,43-,44-,46+,47+/m0/s1. The molecule has 11 heteroatoms. The zero-order valence-corrected chi connectivity index (χ0v) is 44.1. The van der Waals surface area contributed by atoms with Gasteiger partial charge in [0.1, 0.15) is 11.3 Å². The van der Waals surface area contributed by atoms with Crippen LogP contribution in [0.5, 0.6) is 5.75 Å². The van der Waals surface area contributed by atoms with Crippen LogP contribution < -0.4 is 4.74 Å². The molecule has 0 N–H and O–H groups in total. The molecule has 0 bridgehead atoms. The largest absolute Gasteiger partial charge is 0.466 e. The van der Waals surface area contributed by atoms with Gasteiger partial charge in [0, 0.05) is 21.9 Å². The van der Waals surface area contributed by atoms with E-state index in [1.807, 2.05) is 38.1 Å². The van der Waals surface area contributed by atoms with Crippen molar-refractivity contribution in [2.24, 2.45) is 11.3 Å². The van der Waals surface area contributed by atoms with Gasteiger partial charge in [0.2, 0.25) is 5.79 Å². The minimum atomic E-state index is -2.16. The maximum absolute atomic E-state index is 13.5. The molecule has 0 radical (unpaired) electrons. The number of esters is 2. The van der Waals surface area contributed by atoms with E-state index in [1.54, 1.807) is 13.8 Å². The molecule has 360 valence electrons. The molecule has 64 heavy (non-hydrogen) atoms. The van der Waals surface area contributed by atoms with Crippen molar-refractivity contribution in [2.75, 3.05) is 6.61 Å². The Morgan fingerprint density at radius 2 is 1.52 bits per heavy atom. The molecule has 0 aromatic heterocycles. The number of ether oxygens (including phenoxy) is 6. The summed E-state index contributed by atoms with van der Waals surface area (Å²) in [7, 11) is -3.48. The molecule has 2 saturated heterocycles. The van der Waals surface area contributed by atoms with Crippen molar-refractivity contribution < 1.29 is 42.4 Å². The van der Waals surface area contributed by atoms with E-state index >= 15 is 0 Å². The van der Waals surface area contributed by atoms with Crippen LogP contribution in [-0.2, 0) is 45.9 Å². The Balaban J connectivity index is 1.23. The predicted octanol–water partition coefficient (Wildman–Crippen LogP) is 13.2. The first-order valence-electron chi connectivity index (χ1n) is 24.8.